The van der Waals surface area contributed by atoms with Crippen LogP contribution in [0.1, 0.15) is 18.4 Å². The molecule has 1 N–H and O–H groups in total. The van der Waals surface area contributed by atoms with Crippen LogP contribution in [0.2, 0.25) is 0 Å². The second-order valence-electron chi connectivity index (χ2n) is 8.01. The van der Waals surface area contributed by atoms with E-state index in [4.69, 9.17) is 9.47 Å². The van der Waals surface area contributed by atoms with Gasteiger partial charge in [0.1, 0.15) is 0 Å². The van der Waals surface area contributed by atoms with Gasteiger partial charge in [-0.3, -0.25) is 4.79 Å². The van der Waals surface area contributed by atoms with Crippen molar-refractivity contribution in [3.63, 3.8) is 0 Å². The molecule has 0 spiro atoms. The van der Waals surface area contributed by atoms with E-state index in [2.05, 4.69) is 25.1 Å². The van der Waals surface area contributed by atoms with E-state index in [9.17, 15) is 4.79 Å². The highest BCUT2D eigenvalue weighted by molar-refractivity contribution is 7.99. The minimum Gasteiger partial charge on any atom is -0.454 e. The van der Waals surface area contributed by atoms with Gasteiger partial charge in [-0.15, -0.1) is 0 Å². The van der Waals surface area contributed by atoms with Crippen molar-refractivity contribution in [3.05, 3.63) is 36.2 Å². The summed E-state index contributed by atoms with van der Waals surface area (Å²) in [7, 11) is 0. The summed E-state index contributed by atoms with van der Waals surface area (Å²) in [4.78, 5) is 26.3. The van der Waals surface area contributed by atoms with Crippen LogP contribution in [0.4, 0.5) is 11.6 Å². The van der Waals surface area contributed by atoms with Crippen LogP contribution in [0.15, 0.2) is 30.6 Å². The van der Waals surface area contributed by atoms with Gasteiger partial charge in [-0.05, 0) is 30.5 Å². The lowest BCUT2D eigenvalue weighted by molar-refractivity contribution is -0.125. The number of hydrogen-bond acceptors (Lipinski definition) is 8. The van der Waals surface area contributed by atoms with E-state index in [1.807, 2.05) is 42.4 Å². The predicted octanol–water partition coefficient (Wildman–Crippen LogP) is 2.29. The summed E-state index contributed by atoms with van der Waals surface area (Å²) in [6, 6.07) is 5.78. The first-order valence-corrected chi connectivity index (χ1v) is 12.0. The number of benzene rings is 1. The summed E-state index contributed by atoms with van der Waals surface area (Å²) in [5.74, 6) is 4.75. The number of aromatic nitrogens is 2. The normalized spacial score (nSPS) is 18.8. The average molecular weight is 442 g/mol. The van der Waals surface area contributed by atoms with Crippen LogP contribution in [-0.2, 0) is 11.3 Å². The van der Waals surface area contributed by atoms with Crippen LogP contribution >= 0.6 is 11.8 Å². The minimum atomic E-state index is 0.0382. The fraction of sp³-hybridized carbons (Fsp3) is 0.500. The monoisotopic (exact) mass is 441 g/mol. The van der Waals surface area contributed by atoms with Crippen molar-refractivity contribution >= 4 is 29.3 Å². The van der Waals surface area contributed by atoms with Gasteiger partial charge in [-0.2, -0.15) is 11.8 Å². The highest BCUT2D eigenvalue weighted by atomic mass is 32.2. The van der Waals surface area contributed by atoms with E-state index < -0.39 is 0 Å². The number of hydrogen-bond donors (Lipinski definition) is 1. The SMILES string of the molecule is O=C(NCc1ccc2c(c1)OCO2)C1CCN(c2cnc(N3CCSCC3)nc2)CC1. The Kier molecular flexibility index (Phi) is 6.01. The third-order valence-corrected chi connectivity index (χ3v) is 7.00. The van der Waals surface area contributed by atoms with Gasteiger partial charge in [-0.25, -0.2) is 9.97 Å². The van der Waals surface area contributed by atoms with E-state index >= 15 is 0 Å². The van der Waals surface area contributed by atoms with Gasteiger partial charge in [0.05, 0.1) is 18.1 Å². The number of nitrogens with one attached hydrogen (secondary N) is 1. The molecule has 2 aromatic rings. The molecule has 31 heavy (non-hydrogen) atoms. The number of anilines is 2. The lowest BCUT2D eigenvalue weighted by Crippen LogP contribution is -2.40. The lowest BCUT2D eigenvalue weighted by atomic mass is 9.95. The molecule has 1 aromatic heterocycles. The van der Waals surface area contributed by atoms with Crippen LogP contribution in [0.25, 0.3) is 0 Å². The first kappa shape index (κ1) is 20.2. The Labute approximate surface area is 186 Å². The van der Waals surface area contributed by atoms with E-state index in [-0.39, 0.29) is 18.6 Å². The largest absolute Gasteiger partial charge is 0.454 e. The Morgan fingerprint density at radius 2 is 1.77 bits per heavy atom. The zero-order chi connectivity index (χ0) is 21.0. The molecule has 5 rings (SSSR count). The summed E-state index contributed by atoms with van der Waals surface area (Å²) < 4.78 is 10.7. The van der Waals surface area contributed by atoms with E-state index in [1.54, 1.807) is 0 Å². The molecule has 3 aliphatic heterocycles. The molecule has 4 heterocycles. The van der Waals surface area contributed by atoms with E-state index in [0.717, 1.165) is 79.2 Å². The van der Waals surface area contributed by atoms with Crippen molar-refractivity contribution in [1.29, 1.82) is 0 Å². The van der Waals surface area contributed by atoms with Crippen molar-refractivity contribution in [2.24, 2.45) is 5.92 Å². The number of fused-ring (bicyclic) bond motifs is 1. The van der Waals surface area contributed by atoms with Crippen LogP contribution in [-0.4, -0.2) is 60.4 Å². The number of carbonyl (C=O) groups is 1. The van der Waals surface area contributed by atoms with Crippen molar-refractivity contribution in [2.45, 2.75) is 19.4 Å². The Bertz CT molecular complexity index is 912. The minimum absolute atomic E-state index is 0.0382. The summed E-state index contributed by atoms with van der Waals surface area (Å²) in [5, 5.41) is 3.07. The molecule has 0 bridgehead atoms. The first-order valence-electron chi connectivity index (χ1n) is 10.8. The maximum Gasteiger partial charge on any atom is 0.231 e. The second kappa shape index (κ2) is 9.21. The maximum atomic E-state index is 12.7. The average Bonchev–Trinajstić information content (AvgIpc) is 3.31. The van der Waals surface area contributed by atoms with Gasteiger partial charge >= 0.3 is 0 Å². The van der Waals surface area contributed by atoms with Gasteiger partial charge in [0.25, 0.3) is 0 Å². The Hall–Kier alpha value is -2.68. The zero-order valence-corrected chi connectivity index (χ0v) is 18.3. The molecular formula is C22H27N5O3S. The van der Waals surface area contributed by atoms with Crippen molar-refractivity contribution in [1.82, 2.24) is 15.3 Å². The highest BCUT2D eigenvalue weighted by Gasteiger charge is 2.26. The third-order valence-electron chi connectivity index (χ3n) is 6.05. The van der Waals surface area contributed by atoms with Crippen LogP contribution in [0.3, 0.4) is 0 Å². The lowest BCUT2D eigenvalue weighted by Gasteiger charge is -2.33. The molecule has 0 aliphatic carbocycles. The quantitative estimate of drug-likeness (QED) is 0.757. The van der Waals surface area contributed by atoms with Gasteiger partial charge in [0, 0.05) is 50.1 Å². The standard InChI is InChI=1S/C22H27N5O3S/c28-21(23-12-16-1-2-19-20(11-16)30-15-29-19)17-3-5-26(6-4-17)18-13-24-22(25-14-18)27-7-9-31-10-8-27/h1-2,11,13-14,17H,3-10,12,15H2,(H,23,28). The molecule has 1 amide bonds. The topological polar surface area (TPSA) is 79.8 Å². The van der Waals surface area contributed by atoms with Crippen molar-refractivity contribution < 1.29 is 14.3 Å². The predicted molar refractivity (Wildman–Crippen MR) is 121 cm³/mol. The second-order valence-corrected chi connectivity index (χ2v) is 9.23. The Balaban J connectivity index is 1.10. The van der Waals surface area contributed by atoms with Crippen molar-refractivity contribution in [2.75, 3.05) is 54.3 Å². The molecule has 164 valence electrons. The molecule has 0 radical (unpaired) electrons. The van der Waals surface area contributed by atoms with Gasteiger partial charge < -0.3 is 24.6 Å². The fourth-order valence-electron chi connectivity index (χ4n) is 4.19. The fourth-order valence-corrected chi connectivity index (χ4v) is 5.09. The molecule has 0 unspecified atom stereocenters. The van der Waals surface area contributed by atoms with Gasteiger partial charge in [-0.1, -0.05) is 6.07 Å². The molecular weight excluding hydrogens is 414 g/mol. The zero-order valence-electron chi connectivity index (χ0n) is 17.5. The number of rotatable bonds is 5. The van der Waals surface area contributed by atoms with E-state index in [1.165, 1.54) is 0 Å². The number of carbonyl (C=O) groups excluding carboxylic acids is 1. The molecule has 9 heteroatoms. The molecule has 2 fully saturated rings. The number of piperidine rings is 1. The third kappa shape index (κ3) is 4.66. The van der Waals surface area contributed by atoms with Gasteiger partial charge in [0.15, 0.2) is 11.5 Å². The molecule has 3 aliphatic rings. The summed E-state index contributed by atoms with van der Waals surface area (Å²) in [6.07, 6.45) is 5.50. The number of amides is 1. The maximum absolute atomic E-state index is 12.7. The molecule has 1 aromatic carbocycles. The number of thioether (sulfide) groups is 1. The first-order chi connectivity index (χ1) is 15.3. The molecule has 2 saturated heterocycles. The number of nitrogens with zero attached hydrogens (tertiary/aromatic N) is 4. The number of ether oxygens (including phenoxy) is 2. The van der Waals surface area contributed by atoms with Crippen LogP contribution in [0, 0.1) is 5.92 Å². The van der Waals surface area contributed by atoms with Crippen LogP contribution in [0.5, 0.6) is 11.5 Å². The van der Waals surface area contributed by atoms with E-state index in [0.29, 0.717) is 6.54 Å². The summed E-state index contributed by atoms with van der Waals surface area (Å²) >= 11 is 1.98. The Morgan fingerprint density at radius 3 is 2.55 bits per heavy atom. The summed E-state index contributed by atoms with van der Waals surface area (Å²) in [6.45, 7) is 4.46. The van der Waals surface area contributed by atoms with Gasteiger partial charge in [0.2, 0.25) is 18.6 Å². The Morgan fingerprint density at radius 1 is 1.03 bits per heavy atom. The molecule has 0 saturated carbocycles. The van der Waals surface area contributed by atoms with Crippen LogP contribution < -0.4 is 24.6 Å². The van der Waals surface area contributed by atoms with Crippen molar-refractivity contribution in [3.8, 4) is 11.5 Å². The molecule has 0 atom stereocenters. The molecule has 8 nitrogen and oxygen atoms in total. The highest BCUT2D eigenvalue weighted by Crippen LogP contribution is 2.32. The smallest absolute Gasteiger partial charge is 0.231 e. The summed E-state index contributed by atoms with van der Waals surface area (Å²) in [5.41, 5.74) is 2.05.